The molecule has 0 aliphatic heterocycles. The minimum absolute atomic E-state index is 0.225. The predicted octanol–water partition coefficient (Wildman–Crippen LogP) is 6.04. The van der Waals surface area contributed by atoms with Crippen LogP contribution < -0.4 is 9.47 Å². The molecule has 0 bridgehead atoms. The summed E-state index contributed by atoms with van der Waals surface area (Å²) in [4.78, 5) is 23.2. The van der Waals surface area contributed by atoms with Crippen molar-refractivity contribution in [1.82, 2.24) is 15.0 Å². The van der Waals surface area contributed by atoms with Gasteiger partial charge < -0.3 is 9.47 Å². The zero-order valence-electron chi connectivity index (χ0n) is 14.5. The van der Waals surface area contributed by atoms with E-state index in [1.54, 1.807) is 48.7 Å². The molecule has 0 saturated carbocycles. The lowest BCUT2D eigenvalue weighted by atomic mass is 10.2. The van der Waals surface area contributed by atoms with Gasteiger partial charge in [0.05, 0.1) is 4.92 Å². The molecular formula is C19H10Br2N4O4. The molecule has 2 aromatic heterocycles. The Morgan fingerprint density at radius 3 is 2.34 bits per heavy atom. The Hall–Kier alpha value is -3.11. The van der Waals surface area contributed by atoms with E-state index in [-0.39, 0.29) is 11.8 Å². The summed E-state index contributed by atoms with van der Waals surface area (Å²) in [5.41, 5.74) is 0.0487. The fourth-order valence-corrected chi connectivity index (χ4v) is 3.28. The number of aromatic nitrogens is 3. The first-order chi connectivity index (χ1) is 14.0. The maximum absolute atomic E-state index is 11.7. The van der Waals surface area contributed by atoms with Crippen molar-refractivity contribution in [2.24, 2.45) is 0 Å². The Morgan fingerprint density at radius 2 is 1.62 bits per heavy atom. The number of ether oxygens (including phenoxy) is 2. The van der Waals surface area contributed by atoms with Crippen LogP contribution in [0, 0.1) is 10.1 Å². The standard InChI is InChI=1S/C19H10Br2N4O4/c20-11-3-5-12(6-4-11)28-18-17(25(26)27)19(24-10-23-18)29-15-8-7-14(21)13-2-1-9-22-16(13)15/h1-10H. The maximum Gasteiger partial charge on any atom is 0.393 e. The van der Waals surface area contributed by atoms with Gasteiger partial charge >= 0.3 is 17.4 Å². The first-order valence-corrected chi connectivity index (χ1v) is 9.75. The van der Waals surface area contributed by atoms with Crippen molar-refractivity contribution in [3.63, 3.8) is 0 Å². The maximum atomic E-state index is 11.7. The van der Waals surface area contributed by atoms with Crippen molar-refractivity contribution in [1.29, 1.82) is 0 Å². The summed E-state index contributed by atoms with van der Waals surface area (Å²) < 4.78 is 13.0. The zero-order valence-corrected chi connectivity index (χ0v) is 17.6. The van der Waals surface area contributed by atoms with E-state index in [0.717, 1.165) is 20.7 Å². The Kier molecular flexibility index (Phi) is 5.36. The molecule has 0 spiro atoms. The smallest absolute Gasteiger partial charge is 0.393 e. The highest BCUT2D eigenvalue weighted by molar-refractivity contribution is 9.11. The van der Waals surface area contributed by atoms with E-state index in [9.17, 15) is 10.1 Å². The van der Waals surface area contributed by atoms with Crippen LogP contribution in [0.2, 0.25) is 0 Å². The van der Waals surface area contributed by atoms with Crippen LogP contribution in [0.25, 0.3) is 10.9 Å². The number of nitrogens with zero attached hydrogens (tertiary/aromatic N) is 4. The largest absolute Gasteiger partial charge is 0.433 e. The molecule has 2 heterocycles. The molecule has 29 heavy (non-hydrogen) atoms. The van der Waals surface area contributed by atoms with E-state index in [0.29, 0.717) is 17.0 Å². The SMILES string of the molecule is O=[N+]([O-])c1c(Oc2ccc(Br)cc2)ncnc1Oc1ccc(Br)c2cccnc12. The van der Waals surface area contributed by atoms with Crippen molar-refractivity contribution >= 4 is 48.5 Å². The molecule has 0 unspecified atom stereocenters. The molecule has 0 fully saturated rings. The van der Waals surface area contributed by atoms with Crippen LogP contribution in [0.4, 0.5) is 5.69 Å². The number of halogens is 2. The van der Waals surface area contributed by atoms with E-state index in [1.807, 2.05) is 6.07 Å². The highest BCUT2D eigenvalue weighted by atomic mass is 79.9. The highest BCUT2D eigenvalue weighted by Crippen LogP contribution is 2.40. The van der Waals surface area contributed by atoms with Gasteiger partial charge in [0.2, 0.25) is 0 Å². The molecule has 0 radical (unpaired) electrons. The summed E-state index contributed by atoms with van der Waals surface area (Å²) in [6.07, 6.45) is 2.75. The number of pyridine rings is 1. The Balaban J connectivity index is 1.76. The molecule has 0 amide bonds. The van der Waals surface area contributed by atoms with Gasteiger partial charge in [-0.25, -0.2) is 0 Å². The molecule has 8 nitrogen and oxygen atoms in total. The van der Waals surface area contributed by atoms with Gasteiger partial charge in [-0.05, 0) is 42.5 Å². The lowest BCUT2D eigenvalue weighted by Crippen LogP contribution is -2.01. The number of benzene rings is 2. The van der Waals surface area contributed by atoms with Crippen LogP contribution in [-0.4, -0.2) is 19.9 Å². The second-order valence-corrected chi connectivity index (χ2v) is 7.46. The van der Waals surface area contributed by atoms with Gasteiger partial charge in [-0.15, -0.1) is 0 Å². The van der Waals surface area contributed by atoms with Crippen LogP contribution in [0.5, 0.6) is 23.3 Å². The molecule has 0 N–H and O–H groups in total. The monoisotopic (exact) mass is 516 g/mol. The van der Waals surface area contributed by atoms with Crippen LogP contribution in [-0.2, 0) is 0 Å². The van der Waals surface area contributed by atoms with E-state index in [1.165, 1.54) is 0 Å². The van der Waals surface area contributed by atoms with Crippen molar-refractivity contribution in [3.05, 3.63) is 80.1 Å². The van der Waals surface area contributed by atoms with E-state index in [2.05, 4.69) is 46.8 Å². The number of rotatable bonds is 5. The first-order valence-electron chi connectivity index (χ1n) is 8.17. The molecular weight excluding hydrogens is 508 g/mol. The molecule has 0 aliphatic carbocycles. The molecule has 2 aromatic carbocycles. The average Bonchev–Trinajstić information content (AvgIpc) is 2.72. The summed E-state index contributed by atoms with van der Waals surface area (Å²) in [6.45, 7) is 0. The van der Waals surface area contributed by atoms with Crippen LogP contribution in [0.1, 0.15) is 0 Å². The van der Waals surface area contributed by atoms with Crippen molar-refractivity contribution in [2.75, 3.05) is 0 Å². The third kappa shape index (κ3) is 4.03. The molecule has 0 saturated heterocycles. The minimum atomic E-state index is -0.641. The van der Waals surface area contributed by atoms with Gasteiger partial charge in [0.25, 0.3) is 0 Å². The Bertz CT molecular complexity index is 1220. The predicted molar refractivity (Wildman–Crippen MR) is 112 cm³/mol. The number of nitro groups is 1. The molecule has 4 rings (SSSR count). The fourth-order valence-electron chi connectivity index (χ4n) is 2.57. The molecule has 10 heteroatoms. The second kappa shape index (κ2) is 8.10. The van der Waals surface area contributed by atoms with Gasteiger partial charge in [0, 0.05) is 20.5 Å². The lowest BCUT2D eigenvalue weighted by Gasteiger charge is -2.10. The van der Waals surface area contributed by atoms with Crippen LogP contribution in [0.15, 0.2) is 70.0 Å². The average molecular weight is 518 g/mol. The zero-order chi connectivity index (χ0) is 20.4. The molecule has 0 atom stereocenters. The number of hydrogen-bond acceptors (Lipinski definition) is 7. The van der Waals surface area contributed by atoms with Gasteiger partial charge in [-0.3, -0.25) is 15.1 Å². The van der Waals surface area contributed by atoms with Crippen molar-refractivity contribution in [3.8, 4) is 23.3 Å². The van der Waals surface area contributed by atoms with E-state index < -0.39 is 10.6 Å². The van der Waals surface area contributed by atoms with Crippen LogP contribution >= 0.6 is 31.9 Å². The molecule has 0 aliphatic rings. The van der Waals surface area contributed by atoms with Crippen LogP contribution in [0.3, 0.4) is 0 Å². The summed E-state index contributed by atoms with van der Waals surface area (Å²) in [5, 5.41) is 12.5. The lowest BCUT2D eigenvalue weighted by molar-refractivity contribution is -0.387. The normalized spacial score (nSPS) is 10.7. The quantitative estimate of drug-likeness (QED) is 0.235. The minimum Gasteiger partial charge on any atom is -0.433 e. The second-order valence-electron chi connectivity index (χ2n) is 5.69. The van der Waals surface area contributed by atoms with E-state index >= 15 is 0 Å². The summed E-state index contributed by atoms with van der Waals surface area (Å²) in [5.74, 6) is 0.236. The number of hydrogen-bond donors (Lipinski definition) is 0. The van der Waals surface area contributed by atoms with Gasteiger partial charge in [0.1, 0.15) is 17.6 Å². The first kappa shape index (κ1) is 19.2. The topological polar surface area (TPSA) is 100 Å². The van der Waals surface area contributed by atoms with Crippen molar-refractivity contribution in [2.45, 2.75) is 0 Å². The Labute approximate surface area is 181 Å². The molecule has 4 aromatic rings. The summed E-state index contributed by atoms with van der Waals surface area (Å²) in [7, 11) is 0. The van der Waals surface area contributed by atoms with E-state index in [4.69, 9.17) is 9.47 Å². The van der Waals surface area contributed by atoms with Gasteiger partial charge in [-0.1, -0.05) is 37.9 Å². The third-order valence-corrected chi connectivity index (χ3v) is 5.07. The summed E-state index contributed by atoms with van der Waals surface area (Å²) >= 11 is 6.78. The summed E-state index contributed by atoms with van der Waals surface area (Å²) in [6, 6.07) is 13.9. The van der Waals surface area contributed by atoms with Gasteiger partial charge in [0.15, 0.2) is 5.75 Å². The Morgan fingerprint density at radius 1 is 0.897 bits per heavy atom. The van der Waals surface area contributed by atoms with Gasteiger partial charge in [-0.2, -0.15) is 9.97 Å². The van der Waals surface area contributed by atoms with Crippen molar-refractivity contribution < 1.29 is 14.4 Å². The fraction of sp³-hybridized carbons (Fsp3) is 0. The highest BCUT2D eigenvalue weighted by Gasteiger charge is 2.27. The molecule has 144 valence electrons. The third-order valence-electron chi connectivity index (χ3n) is 3.85. The number of fused-ring (bicyclic) bond motifs is 1.